The van der Waals surface area contributed by atoms with Crippen LogP contribution in [-0.4, -0.2) is 10.9 Å². The molecule has 0 aliphatic carbocycles. The quantitative estimate of drug-likeness (QED) is 0.795. The van der Waals surface area contributed by atoms with Gasteiger partial charge in [-0.3, -0.25) is 4.79 Å². The molecule has 0 bridgehead atoms. The Bertz CT molecular complexity index is 850. The van der Waals surface area contributed by atoms with Gasteiger partial charge in [-0.2, -0.15) is 5.26 Å². The van der Waals surface area contributed by atoms with Crippen molar-refractivity contribution in [2.75, 3.05) is 5.32 Å². The Hall–Kier alpha value is -3.59. The van der Waals surface area contributed by atoms with E-state index in [4.69, 9.17) is 14.4 Å². The predicted molar refractivity (Wildman–Crippen MR) is 82.1 cm³/mol. The molecule has 0 saturated carbocycles. The number of hydrogen-bond acceptors (Lipinski definition) is 5. The number of carbonyl (C=O) groups excluding carboxylic acids is 1. The van der Waals surface area contributed by atoms with E-state index in [1.807, 2.05) is 6.07 Å². The second kappa shape index (κ2) is 6.45. The molecule has 1 amide bonds. The second-order valence-electron chi connectivity index (χ2n) is 4.53. The van der Waals surface area contributed by atoms with Gasteiger partial charge < -0.3 is 14.5 Å². The molecule has 0 unspecified atom stereocenters. The summed E-state index contributed by atoms with van der Waals surface area (Å²) in [7, 11) is 0. The number of carbonyl (C=O) groups is 1. The zero-order chi connectivity index (χ0) is 16.1. The van der Waals surface area contributed by atoms with Crippen LogP contribution in [0.5, 0.6) is 11.6 Å². The van der Waals surface area contributed by atoms with Crippen LogP contribution in [0.3, 0.4) is 0 Å². The van der Waals surface area contributed by atoms with E-state index in [2.05, 4.69) is 10.3 Å². The average molecular weight is 305 g/mol. The second-order valence-corrected chi connectivity index (χ2v) is 4.53. The maximum Gasteiger partial charge on any atom is 0.291 e. The van der Waals surface area contributed by atoms with Gasteiger partial charge in [0.2, 0.25) is 5.88 Å². The number of nitriles is 1. The summed E-state index contributed by atoms with van der Waals surface area (Å²) in [4.78, 5) is 15.9. The molecule has 3 rings (SSSR count). The Morgan fingerprint density at radius 1 is 1.13 bits per heavy atom. The fraction of sp³-hybridized carbons (Fsp3) is 0. The summed E-state index contributed by atoms with van der Waals surface area (Å²) in [6.07, 6.45) is 1.44. The first kappa shape index (κ1) is 14.4. The summed E-state index contributed by atoms with van der Waals surface area (Å²) in [6.45, 7) is 0. The minimum atomic E-state index is -0.327. The molecular weight excluding hydrogens is 294 g/mol. The average Bonchev–Trinajstić information content (AvgIpc) is 3.11. The van der Waals surface area contributed by atoms with Crippen LogP contribution in [0.4, 0.5) is 5.69 Å². The summed E-state index contributed by atoms with van der Waals surface area (Å²) < 4.78 is 10.6. The number of amides is 1. The van der Waals surface area contributed by atoms with Crippen LogP contribution in [0.25, 0.3) is 0 Å². The molecule has 0 aliphatic rings. The van der Waals surface area contributed by atoms with Gasteiger partial charge >= 0.3 is 0 Å². The lowest BCUT2D eigenvalue weighted by atomic mass is 10.3. The van der Waals surface area contributed by atoms with E-state index in [0.29, 0.717) is 17.3 Å². The molecule has 6 heteroatoms. The van der Waals surface area contributed by atoms with E-state index in [9.17, 15) is 4.79 Å². The number of hydrogen-bond donors (Lipinski definition) is 1. The fourth-order valence-corrected chi connectivity index (χ4v) is 1.86. The Morgan fingerprint density at radius 3 is 2.65 bits per heavy atom. The van der Waals surface area contributed by atoms with Crippen LogP contribution < -0.4 is 10.1 Å². The van der Waals surface area contributed by atoms with Crippen LogP contribution in [0.15, 0.2) is 65.3 Å². The summed E-state index contributed by atoms with van der Waals surface area (Å²) in [6, 6.07) is 16.9. The first-order chi connectivity index (χ1) is 11.2. The molecule has 112 valence electrons. The Morgan fingerprint density at radius 2 is 1.96 bits per heavy atom. The lowest BCUT2D eigenvalue weighted by Crippen LogP contribution is -2.10. The number of pyridine rings is 1. The zero-order valence-corrected chi connectivity index (χ0v) is 11.9. The number of furan rings is 1. The number of nitrogens with zero attached hydrogens (tertiary/aromatic N) is 2. The largest absolute Gasteiger partial charge is 0.459 e. The first-order valence-electron chi connectivity index (χ1n) is 6.74. The van der Waals surface area contributed by atoms with Crippen molar-refractivity contribution in [1.82, 2.24) is 4.98 Å². The number of aromatic nitrogens is 1. The number of benzene rings is 1. The van der Waals surface area contributed by atoms with Gasteiger partial charge in [0.1, 0.15) is 17.5 Å². The molecule has 1 N–H and O–H groups in total. The van der Waals surface area contributed by atoms with Crippen molar-refractivity contribution in [3.8, 4) is 17.7 Å². The summed E-state index contributed by atoms with van der Waals surface area (Å²) in [5, 5.41) is 11.5. The number of ether oxygens (including phenoxy) is 1. The molecular formula is C17H11N3O3. The molecule has 0 spiro atoms. The topological polar surface area (TPSA) is 88.1 Å². The summed E-state index contributed by atoms with van der Waals surface area (Å²) >= 11 is 0. The Kier molecular flexibility index (Phi) is 4.03. The highest BCUT2D eigenvalue weighted by Crippen LogP contribution is 2.22. The number of nitrogens with one attached hydrogen (secondary N) is 1. The monoisotopic (exact) mass is 305 g/mol. The van der Waals surface area contributed by atoms with Gasteiger partial charge in [-0.25, -0.2) is 4.98 Å². The normalized spacial score (nSPS) is 9.87. The predicted octanol–water partition coefficient (Wildman–Crippen LogP) is 3.59. The van der Waals surface area contributed by atoms with Crippen LogP contribution in [0.1, 0.15) is 16.2 Å². The fourth-order valence-electron chi connectivity index (χ4n) is 1.86. The Balaban J connectivity index is 1.67. The molecule has 0 radical (unpaired) electrons. The van der Waals surface area contributed by atoms with Crippen LogP contribution in [0, 0.1) is 11.3 Å². The lowest BCUT2D eigenvalue weighted by Gasteiger charge is -2.07. The standard InChI is InChI=1S/C17H11N3O3/c18-11-13-3-1-5-16(19-13)23-14-8-6-12(7-9-14)20-17(21)15-4-2-10-22-15/h1-10H,(H,20,21). The highest BCUT2D eigenvalue weighted by Gasteiger charge is 2.08. The molecule has 0 atom stereocenters. The molecule has 1 aromatic carbocycles. The number of rotatable bonds is 4. The van der Waals surface area contributed by atoms with Gasteiger partial charge in [0.15, 0.2) is 5.76 Å². The molecule has 2 aromatic heterocycles. The van der Waals surface area contributed by atoms with E-state index in [-0.39, 0.29) is 17.4 Å². The third-order valence-corrected chi connectivity index (χ3v) is 2.92. The number of anilines is 1. The summed E-state index contributed by atoms with van der Waals surface area (Å²) in [5.41, 5.74) is 0.891. The van der Waals surface area contributed by atoms with Gasteiger partial charge in [-0.15, -0.1) is 0 Å². The minimum absolute atomic E-state index is 0.239. The minimum Gasteiger partial charge on any atom is -0.459 e. The third kappa shape index (κ3) is 3.54. The van der Waals surface area contributed by atoms with Crippen molar-refractivity contribution in [1.29, 1.82) is 5.26 Å². The molecule has 0 aliphatic heterocycles. The van der Waals surface area contributed by atoms with Crippen molar-refractivity contribution < 1.29 is 13.9 Å². The maximum absolute atomic E-state index is 11.8. The van der Waals surface area contributed by atoms with E-state index < -0.39 is 0 Å². The summed E-state index contributed by atoms with van der Waals surface area (Å²) in [5.74, 6) is 0.787. The van der Waals surface area contributed by atoms with Gasteiger partial charge in [0.25, 0.3) is 5.91 Å². The van der Waals surface area contributed by atoms with Gasteiger partial charge in [0.05, 0.1) is 6.26 Å². The lowest BCUT2D eigenvalue weighted by molar-refractivity contribution is 0.0996. The van der Waals surface area contributed by atoms with Gasteiger partial charge in [-0.05, 0) is 42.5 Å². The molecule has 0 fully saturated rings. The van der Waals surface area contributed by atoms with Gasteiger partial charge in [0, 0.05) is 11.8 Å². The van der Waals surface area contributed by atoms with Crippen molar-refractivity contribution in [2.24, 2.45) is 0 Å². The van der Waals surface area contributed by atoms with Crippen molar-refractivity contribution in [2.45, 2.75) is 0 Å². The van der Waals surface area contributed by atoms with Gasteiger partial charge in [-0.1, -0.05) is 6.07 Å². The van der Waals surface area contributed by atoms with Crippen molar-refractivity contribution in [3.63, 3.8) is 0 Å². The van der Waals surface area contributed by atoms with E-state index in [1.165, 1.54) is 6.26 Å². The van der Waals surface area contributed by atoms with Crippen LogP contribution in [-0.2, 0) is 0 Å². The van der Waals surface area contributed by atoms with Crippen LogP contribution >= 0.6 is 0 Å². The third-order valence-electron chi connectivity index (χ3n) is 2.92. The highest BCUT2D eigenvalue weighted by atomic mass is 16.5. The first-order valence-corrected chi connectivity index (χ1v) is 6.74. The Labute approximate surface area is 132 Å². The smallest absolute Gasteiger partial charge is 0.291 e. The van der Waals surface area contributed by atoms with Crippen molar-refractivity contribution in [3.05, 3.63) is 72.3 Å². The van der Waals surface area contributed by atoms with E-state index in [1.54, 1.807) is 54.6 Å². The zero-order valence-electron chi connectivity index (χ0n) is 11.9. The molecule has 0 saturated heterocycles. The van der Waals surface area contributed by atoms with Crippen LogP contribution in [0.2, 0.25) is 0 Å². The van der Waals surface area contributed by atoms with E-state index >= 15 is 0 Å². The SMILES string of the molecule is N#Cc1cccc(Oc2ccc(NC(=O)c3ccco3)cc2)n1. The molecule has 23 heavy (non-hydrogen) atoms. The molecule has 6 nitrogen and oxygen atoms in total. The van der Waals surface area contributed by atoms with E-state index in [0.717, 1.165) is 0 Å². The molecule has 2 heterocycles. The maximum atomic E-state index is 11.8. The van der Waals surface area contributed by atoms with Crippen molar-refractivity contribution >= 4 is 11.6 Å². The highest BCUT2D eigenvalue weighted by molar-refractivity contribution is 6.02. The molecule has 3 aromatic rings.